The molecule has 5 nitrogen and oxygen atoms in total. The van der Waals surface area contributed by atoms with Crippen LogP contribution in [0.3, 0.4) is 0 Å². The van der Waals surface area contributed by atoms with Crippen LogP contribution in [0, 0.1) is 6.92 Å². The summed E-state index contributed by atoms with van der Waals surface area (Å²) in [7, 11) is 3.00. The average Bonchev–Trinajstić information content (AvgIpc) is 2.46. The fraction of sp³-hybridized carbons (Fsp3) is 0.429. The molecule has 1 rings (SSSR count). The highest BCUT2D eigenvalue weighted by Gasteiger charge is 2.16. The predicted octanol–water partition coefficient (Wildman–Crippen LogP) is 2.80. The molecule has 0 aliphatic heterocycles. The molecule has 105 valence electrons. The van der Waals surface area contributed by atoms with Crippen LogP contribution >= 0.6 is 0 Å². The van der Waals surface area contributed by atoms with Gasteiger partial charge in [-0.25, -0.2) is 4.79 Å². The van der Waals surface area contributed by atoms with E-state index in [0.29, 0.717) is 18.1 Å². The fourth-order valence-corrected chi connectivity index (χ4v) is 1.45. The molecule has 0 saturated heterocycles. The first-order chi connectivity index (χ1) is 9.22. The number of ether oxygens (including phenoxy) is 2. The van der Waals surface area contributed by atoms with Crippen molar-refractivity contribution in [1.82, 2.24) is 0 Å². The van der Waals surface area contributed by atoms with E-state index in [1.807, 2.05) is 0 Å². The van der Waals surface area contributed by atoms with Gasteiger partial charge in [-0.1, -0.05) is 19.8 Å². The molecule has 0 N–H and O–H groups in total. The molecule has 0 bridgehead atoms. The Balaban J connectivity index is 2.59. The van der Waals surface area contributed by atoms with Crippen LogP contribution in [0.4, 0.5) is 0 Å². The van der Waals surface area contributed by atoms with Crippen molar-refractivity contribution >= 4 is 5.97 Å². The third-order valence-electron chi connectivity index (χ3n) is 2.49. The smallest absolute Gasteiger partial charge is 0.376 e. The first-order valence-electron chi connectivity index (χ1n) is 6.08. The summed E-state index contributed by atoms with van der Waals surface area (Å²) in [6.45, 7) is 4.07. The third-order valence-corrected chi connectivity index (χ3v) is 2.49. The van der Waals surface area contributed by atoms with Gasteiger partial charge in [0.2, 0.25) is 0 Å². The van der Waals surface area contributed by atoms with E-state index in [4.69, 9.17) is 19.2 Å². The second-order valence-corrected chi connectivity index (χ2v) is 3.82. The van der Waals surface area contributed by atoms with Crippen LogP contribution in [-0.4, -0.2) is 26.8 Å². The van der Waals surface area contributed by atoms with Gasteiger partial charge in [-0.3, -0.25) is 4.89 Å². The summed E-state index contributed by atoms with van der Waals surface area (Å²) < 4.78 is 10.1. The molecule has 0 fully saturated rings. The van der Waals surface area contributed by atoms with E-state index >= 15 is 0 Å². The minimum Gasteiger partial charge on any atom is -0.497 e. The Morgan fingerprint density at radius 2 is 2.00 bits per heavy atom. The summed E-state index contributed by atoms with van der Waals surface area (Å²) >= 11 is 0. The van der Waals surface area contributed by atoms with E-state index in [9.17, 15) is 4.79 Å². The van der Waals surface area contributed by atoms with Crippen LogP contribution in [0.5, 0.6) is 11.5 Å². The van der Waals surface area contributed by atoms with Crippen molar-refractivity contribution in [3.63, 3.8) is 0 Å². The van der Waals surface area contributed by atoms with Gasteiger partial charge in [0.05, 0.1) is 20.8 Å². The van der Waals surface area contributed by atoms with E-state index in [0.717, 1.165) is 19.3 Å². The van der Waals surface area contributed by atoms with Crippen molar-refractivity contribution in [3.05, 3.63) is 30.7 Å². The third kappa shape index (κ3) is 4.79. The number of carbonyl (C=O) groups is 1. The lowest BCUT2D eigenvalue weighted by atomic mass is 10.2. The quantitative estimate of drug-likeness (QED) is 0.412. The van der Waals surface area contributed by atoms with Crippen LogP contribution in [0.2, 0.25) is 0 Å². The van der Waals surface area contributed by atoms with Gasteiger partial charge in [-0.05, 0) is 24.6 Å². The summed E-state index contributed by atoms with van der Waals surface area (Å²) in [6.07, 6.45) is 2.56. The van der Waals surface area contributed by atoms with E-state index in [1.54, 1.807) is 18.2 Å². The number of benzene rings is 1. The average molecular weight is 267 g/mol. The second kappa shape index (κ2) is 8.37. The fourth-order valence-electron chi connectivity index (χ4n) is 1.45. The topological polar surface area (TPSA) is 54.0 Å². The lowest BCUT2D eigenvalue weighted by Gasteiger charge is -2.09. The van der Waals surface area contributed by atoms with Gasteiger partial charge in [-0.15, -0.1) is 0 Å². The zero-order valence-corrected chi connectivity index (χ0v) is 11.3. The van der Waals surface area contributed by atoms with Crippen molar-refractivity contribution in [2.24, 2.45) is 0 Å². The van der Waals surface area contributed by atoms with Crippen molar-refractivity contribution in [1.29, 1.82) is 0 Å². The Bertz CT molecular complexity index is 403. The Kier molecular flexibility index (Phi) is 6.74. The zero-order chi connectivity index (χ0) is 14.1. The molecular weight excluding hydrogens is 248 g/mol. The molecule has 0 aliphatic carbocycles. The number of carbonyl (C=O) groups excluding carboxylic acids is 1. The van der Waals surface area contributed by atoms with E-state index < -0.39 is 5.97 Å². The Morgan fingerprint density at radius 1 is 1.21 bits per heavy atom. The number of methoxy groups -OCH3 is 2. The maximum absolute atomic E-state index is 11.8. The molecule has 0 atom stereocenters. The Labute approximate surface area is 113 Å². The van der Waals surface area contributed by atoms with Crippen molar-refractivity contribution in [3.8, 4) is 11.5 Å². The summed E-state index contributed by atoms with van der Waals surface area (Å²) in [4.78, 5) is 21.4. The number of unbranched alkanes of at least 4 members (excludes halogenated alkanes) is 2. The van der Waals surface area contributed by atoms with Crippen LogP contribution in [0.25, 0.3) is 0 Å². The standard InChI is InChI=1S/C14H19O5/c1-4-5-6-9-18-19-14(15)12-10-11(16-2)7-8-13(12)17-3/h7-8,10H,1,4-6,9H2,2-3H3. The molecular formula is C14H19O5. The van der Waals surface area contributed by atoms with Gasteiger partial charge in [0, 0.05) is 0 Å². The molecule has 1 radical (unpaired) electrons. The van der Waals surface area contributed by atoms with E-state index in [-0.39, 0.29) is 5.56 Å². The van der Waals surface area contributed by atoms with Crippen LogP contribution in [0.1, 0.15) is 29.6 Å². The van der Waals surface area contributed by atoms with Crippen LogP contribution < -0.4 is 9.47 Å². The molecule has 0 aliphatic rings. The highest BCUT2D eigenvalue weighted by atomic mass is 17.2. The van der Waals surface area contributed by atoms with Crippen LogP contribution in [-0.2, 0) is 9.78 Å². The van der Waals surface area contributed by atoms with E-state index in [2.05, 4.69) is 6.92 Å². The second-order valence-electron chi connectivity index (χ2n) is 3.82. The molecule has 5 heteroatoms. The Morgan fingerprint density at radius 3 is 2.63 bits per heavy atom. The first kappa shape index (κ1) is 15.3. The maximum atomic E-state index is 11.8. The lowest BCUT2D eigenvalue weighted by molar-refractivity contribution is -0.241. The van der Waals surface area contributed by atoms with Gasteiger partial charge in [0.1, 0.15) is 17.1 Å². The number of hydrogen-bond donors (Lipinski definition) is 0. The lowest BCUT2D eigenvalue weighted by Crippen LogP contribution is -2.09. The number of hydrogen-bond acceptors (Lipinski definition) is 5. The van der Waals surface area contributed by atoms with Gasteiger partial charge in [0.25, 0.3) is 0 Å². The van der Waals surface area contributed by atoms with Gasteiger partial charge >= 0.3 is 5.97 Å². The van der Waals surface area contributed by atoms with Crippen molar-refractivity contribution in [2.75, 3.05) is 20.8 Å². The molecule has 0 spiro atoms. The molecule has 19 heavy (non-hydrogen) atoms. The van der Waals surface area contributed by atoms with Crippen LogP contribution in [0.15, 0.2) is 18.2 Å². The molecule has 0 amide bonds. The molecule has 0 aromatic heterocycles. The normalized spacial score (nSPS) is 10.1. The minimum absolute atomic E-state index is 0.263. The van der Waals surface area contributed by atoms with Gasteiger partial charge < -0.3 is 9.47 Å². The number of rotatable bonds is 8. The zero-order valence-electron chi connectivity index (χ0n) is 11.3. The largest absolute Gasteiger partial charge is 0.497 e. The monoisotopic (exact) mass is 267 g/mol. The van der Waals surface area contributed by atoms with Gasteiger partial charge in [0.15, 0.2) is 0 Å². The van der Waals surface area contributed by atoms with Gasteiger partial charge in [-0.2, -0.15) is 4.89 Å². The molecule has 1 aromatic carbocycles. The Hall–Kier alpha value is -1.75. The predicted molar refractivity (Wildman–Crippen MR) is 70.1 cm³/mol. The molecule has 1 aromatic rings. The van der Waals surface area contributed by atoms with Crippen molar-refractivity contribution < 1.29 is 24.0 Å². The molecule has 0 heterocycles. The summed E-state index contributed by atoms with van der Waals surface area (Å²) in [5.74, 6) is 0.349. The first-order valence-corrected chi connectivity index (χ1v) is 6.08. The minimum atomic E-state index is -0.606. The van der Waals surface area contributed by atoms with Crippen molar-refractivity contribution in [2.45, 2.75) is 19.3 Å². The van der Waals surface area contributed by atoms with E-state index in [1.165, 1.54) is 14.2 Å². The highest BCUT2D eigenvalue weighted by molar-refractivity contribution is 5.92. The molecule has 0 unspecified atom stereocenters. The maximum Gasteiger partial charge on any atom is 0.376 e. The SMILES string of the molecule is [CH2]CCCCOOC(=O)c1cc(OC)ccc1OC. The summed E-state index contributed by atoms with van der Waals surface area (Å²) in [5, 5.41) is 0. The summed E-state index contributed by atoms with van der Waals surface area (Å²) in [6, 6.07) is 4.88. The summed E-state index contributed by atoms with van der Waals surface area (Å²) in [5.41, 5.74) is 0.263. The highest BCUT2D eigenvalue weighted by Crippen LogP contribution is 2.24. The molecule has 0 saturated carbocycles.